The van der Waals surface area contributed by atoms with Crippen molar-refractivity contribution in [3.63, 3.8) is 0 Å². The SMILES string of the molecule is N#Cc1ccc(Cl)cc1NC(=O)CN(CC1CCCCC1)C1CC1. The summed E-state index contributed by atoms with van der Waals surface area (Å²) in [5, 5.41) is 12.5. The predicted molar refractivity (Wildman–Crippen MR) is 96.0 cm³/mol. The van der Waals surface area contributed by atoms with Gasteiger partial charge in [0.25, 0.3) is 0 Å². The molecule has 1 aromatic carbocycles. The molecule has 1 amide bonds. The van der Waals surface area contributed by atoms with Crippen LogP contribution < -0.4 is 5.32 Å². The molecule has 0 aromatic heterocycles. The molecule has 2 aliphatic carbocycles. The summed E-state index contributed by atoms with van der Waals surface area (Å²) in [7, 11) is 0. The van der Waals surface area contributed by atoms with Crippen molar-refractivity contribution >= 4 is 23.2 Å². The molecule has 4 nitrogen and oxygen atoms in total. The molecular formula is C19H24ClN3O. The summed E-state index contributed by atoms with van der Waals surface area (Å²) in [6.07, 6.45) is 8.97. The number of carbonyl (C=O) groups excluding carboxylic acids is 1. The largest absolute Gasteiger partial charge is 0.324 e. The molecule has 24 heavy (non-hydrogen) atoms. The molecule has 0 aliphatic heterocycles. The van der Waals surface area contributed by atoms with E-state index in [9.17, 15) is 4.79 Å². The van der Waals surface area contributed by atoms with Crippen LogP contribution in [0.4, 0.5) is 5.69 Å². The molecular weight excluding hydrogens is 322 g/mol. The molecule has 0 heterocycles. The van der Waals surface area contributed by atoms with Crippen molar-refractivity contribution in [2.45, 2.75) is 51.0 Å². The van der Waals surface area contributed by atoms with Gasteiger partial charge in [-0.2, -0.15) is 5.26 Å². The summed E-state index contributed by atoms with van der Waals surface area (Å²) in [5.74, 6) is 0.671. The van der Waals surface area contributed by atoms with Crippen LogP contribution in [-0.2, 0) is 4.79 Å². The minimum atomic E-state index is -0.0588. The molecule has 0 bridgehead atoms. The van der Waals surface area contributed by atoms with Gasteiger partial charge in [-0.1, -0.05) is 30.9 Å². The van der Waals surface area contributed by atoms with Gasteiger partial charge in [-0.05, 0) is 49.8 Å². The summed E-state index contributed by atoms with van der Waals surface area (Å²) in [6, 6.07) is 7.60. The Balaban J connectivity index is 1.59. The van der Waals surface area contributed by atoms with Gasteiger partial charge in [0.2, 0.25) is 5.91 Å². The Bertz CT molecular complexity index is 630. The second kappa shape index (κ2) is 8.00. The fourth-order valence-corrected chi connectivity index (χ4v) is 3.75. The number of hydrogen-bond acceptors (Lipinski definition) is 3. The lowest BCUT2D eigenvalue weighted by Gasteiger charge is -2.29. The summed E-state index contributed by atoms with van der Waals surface area (Å²) in [4.78, 5) is 14.8. The van der Waals surface area contributed by atoms with Gasteiger partial charge in [0.15, 0.2) is 0 Å². The molecule has 2 saturated carbocycles. The molecule has 0 saturated heterocycles. The van der Waals surface area contributed by atoms with Crippen LogP contribution in [0.15, 0.2) is 18.2 Å². The van der Waals surface area contributed by atoms with E-state index in [1.165, 1.54) is 44.9 Å². The van der Waals surface area contributed by atoms with Gasteiger partial charge in [0.05, 0.1) is 17.8 Å². The number of hydrogen-bond donors (Lipinski definition) is 1. The maximum absolute atomic E-state index is 12.5. The van der Waals surface area contributed by atoms with E-state index in [1.54, 1.807) is 18.2 Å². The number of anilines is 1. The highest BCUT2D eigenvalue weighted by Gasteiger charge is 2.32. The molecule has 1 N–H and O–H groups in total. The standard InChI is InChI=1S/C19H24ClN3O/c20-16-7-6-15(11-21)18(10-16)22-19(24)13-23(17-8-9-17)12-14-4-2-1-3-5-14/h6-7,10,14,17H,1-5,8-9,12-13H2,(H,22,24). The van der Waals surface area contributed by atoms with Crippen LogP contribution >= 0.6 is 11.6 Å². The third-order valence-corrected chi connectivity index (χ3v) is 5.24. The first-order chi connectivity index (χ1) is 11.7. The molecule has 2 aliphatic rings. The Labute approximate surface area is 148 Å². The molecule has 5 heteroatoms. The van der Waals surface area contributed by atoms with Crippen LogP contribution in [0.1, 0.15) is 50.5 Å². The monoisotopic (exact) mass is 345 g/mol. The Morgan fingerprint density at radius 1 is 1.25 bits per heavy atom. The second-order valence-electron chi connectivity index (χ2n) is 7.01. The smallest absolute Gasteiger partial charge is 0.238 e. The van der Waals surface area contributed by atoms with E-state index < -0.39 is 0 Å². The topological polar surface area (TPSA) is 56.1 Å². The maximum atomic E-state index is 12.5. The second-order valence-corrected chi connectivity index (χ2v) is 7.45. The van der Waals surface area contributed by atoms with Gasteiger partial charge in [-0.25, -0.2) is 0 Å². The number of nitrogens with one attached hydrogen (secondary N) is 1. The predicted octanol–water partition coefficient (Wildman–Crippen LogP) is 4.19. The molecule has 0 atom stereocenters. The van der Waals surface area contributed by atoms with Gasteiger partial charge >= 0.3 is 0 Å². The highest BCUT2D eigenvalue weighted by Crippen LogP contribution is 2.31. The number of halogens is 1. The van der Waals surface area contributed by atoms with Crippen LogP contribution in [0.2, 0.25) is 5.02 Å². The average Bonchev–Trinajstić information content (AvgIpc) is 3.40. The lowest BCUT2D eigenvalue weighted by Crippen LogP contribution is -2.38. The third kappa shape index (κ3) is 4.72. The van der Waals surface area contributed by atoms with Crippen molar-refractivity contribution in [1.82, 2.24) is 4.90 Å². The van der Waals surface area contributed by atoms with Crippen LogP contribution in [0.25, 0.3) is 0 Å². The van der Waals surface area contributed by atoms with Crippen molar-refractivity contribution in [1.29, 1.82) is 5.26 Å². The summed E-state index contributed by atoms with van der Waals surface area (Å²) in [6.45, 7) is 1.43. The minimum Gasteiger partial charge on any atom is -0.324 e. The van der Waals surface area contributed by atoms with Crippen LogP contribution in [0.5, 0.6) is 0 Å². The average molecular weight is 346 g/mol. The van der Waals surface area contributed by atoms with E-state index in [1.807, 2.05) is 0 Å². The zero-order chi connectivity index (χ0) is 16.9. The first kappa shape index (κ1) is 17.3. The number of carbonyl (C=O) groups is 1. The fraction of sp³-hybridized carbons (Fsp3) is 0.579. The summed E-state index contributed by atoms with van der Waals surface area (Å²) >= 11 is 5.98. The molecule has 3 rings (SSSR count). The molecule has 2 fully saturated rings. The zero-order valence-electron chi connectivity index (χ0n) is 13.9. The van der Waals surface area contributed by atoms with E-state index in [4.69, 9.17) is 16.9 Å². The lowest BCUT2D eigenvalue weighted by molar-refractivity contribution is -0.117. The molecule has 128 valence electrons. The Hall–Kier alpha value is -1.57. The first-order valence-corrected chi connectivity index (χ1v) is 9.27. The van der Waals surface area contributed by atoms with Gasteiger partial charge in [-0.3, -0.25) is 9.69 Å². The summed E-state index contributed by atoms with van der Waals surface area (Å²) in [5.41, 5.74) is 0.946. The first-order valence-electron chi connectivity index (χ1n) is 8.89. The van der Waals surface area contributed by atoms with Crippen molar-refractivity contribution in [3.05, 3.63) is 28.8 Å². The normalized spacial score (nSPS) is 18.4. The highest BCUT2D eigenvalue weighted by molar-refractivity contribution is 6.31. The van der Waals surface area contributed by atoms with E-state index in [2.05, 4.69) is 16.3 Å². The molecule has 0 unspecified atom stereocenters. The van der Waals surface area contributed by atoms with E-state index in [0.29, 0.717) is 28.9 Å². The number of nitrogens with zero attached hydrogens (tertiary/aromatic N) is 2. The number of amides is 1. The van der Waals surface area contributed by atoms with Gasteiger partial charge in [-0.15, -0.1) is 0 Å². The molecule has 1 aromatic rings. The van der Waals surface area contributed by atoms with E-state index in [0.717, 1.165) is 12.5 Å². The maximum Gasteiger partial charge on any atom is 0.238 e. The van der Waals surface area contributed by atoms with Gasteiger partial charge in [0, 0.05) is 17.6 Å². The van der Waals surface area contributed by atoms with E-state index >= 15 is 0 Å². The molecule has 0 radical (unpaired) electrons. The van der Waals surface area contributed by atoms with Gasteiger partial charge < -0.3 is 5.32 Å². The Kier molecular flexibility index (Phi) is 5.76. The van der Waals surface area contributed by atoms with Crippen LogP contribution in [-0.4, -0.2) is 29.9 Å². The van der Waals surface area contributed by atoms with Crippen molar-refractivity contribution < 1.29 is 4.79 Å². The number of benzene rings is 1. The van der Waals surface area contributed by atoms with Gasteiger partial charge in [0.1, 0.15) is 6.07 Å². The number of nitriles is 1. The van der Waals surface area contributed by atoms with E-state index in [-0.39, 0.29) is 5.91 Å². The van der Waals surface area contributed by atoms with Crippen molar-refractivity contribution in [2.24, 2.45) is 5.92 Å². The highest BCUT2D eigenvalue weighted by atomic mass is 35.5. The zero-order valence-corrected chi connectivity index (χ0v) is 14.7. The lowest BCUT2D eigenvalue weighted by atomic mass is 9.89. The fourth-order valence-electron chi connectivity index (χ4n) is 3.58. The summed E-state index contributed by atoms with van der Waals surface area (Å²) < 4.78 is 0. The Morgan fingerprint density at radius 2 is 2.00 bits per heavy atom. The Morgan fingerprint density at radius 3 is 2.67 bits per heavy atom. The number of rotatable bonds is 6. The van der Waals surface area contributed by atoms with Crippen molar-refractivity contribution in [3.8, 4) is 6.07 Å². The third-order valence-electron chi connectivity index (χ3n) is 5.00. The van der Waals surface area contributed by atoms with Crippen LogP contribution in [0.3, 0.4) is 0 Å². The minimum absolute atomic E-state index is 0.0588. The van der Waals surface area contributed by atoms with Crippen molar-refractivity contribution in [2.75, 3.05) is 18.4 Å². The molecule has 0 spiro atoms. The van der Waals surface area contributed by atoms with Crippen LogP contribution in [0, 0.1) is 17.2 Å². The quantitative estimate of drug-likeness (QED) is 0.840.